The van der Waals surface area contributed by atoms with Crippen LogP contribution in [-0.2, 0) is 31.1 Å². The van der Waals surface area contributed by atoms with Crippen molar-refractivity contribution in [3.8, 4) is 0 Å². The summed E-state index contributed by atoms with van der Waals surface area (Å²) in [4.78, 5) is 27.6. The van der Waals surface area contributed by atoms with Crippen LogP contribution in [0.4, 0.5) is 13.2 Å². The van der Waals surface area contributed by atoms with Gasteiger partial charge >= 0.3 is 6.18 Å². The van der Waals surface area contributed by atoms with E-state index in [-0.39, 0.29) is 19.0 Å². The van der Waals surface area contributed by atoms with Crippen molar-refractivity contribution in [3.63, 3.8) is 0 Å². The van der Waals surface area contributed by atoms with Crippen molar-refractivity contribution in [2.45, 2.75) is 25.3 Å². The first-order valence-corrected chi connectivity index (χ1v) is 9.69. The van der Waals surface area contributed by atoms with Gasteiger partial charge in [0.05, 0.1) is 12.1 Å². The zero-order valence-electron chi connectivity index (χ0n) is 16.7. The number of hydrogen-bond donors (Lipinski definition) is 1. The number of aryl methyl sites for hydroxylation is 1. The number of halogens is 3. The van der Waals surface area contributed by atoms with Crippen molar-refractivity contribution in [1.82, 2.24) is 14.8 Å². The number of benzene rings is 2. The van der Waals surface area contributed by atoms with Crippen LogP contribution in [0, 0.1) is 0 Å². The smallest absolute Gasteiger partial charge is 0.353 e. The molecule has 0 spiro atoms. The highest BCUT2D eigenvalue weighted by molar-refractivity contribution is 6.04. The fourth-order valence-corrected chi connectivity index (χ4v) is 3.79. The predicted octanol–water partition coefficient (Wildman–Crippen LogP) is 4.06. The number of nitrogens with zero attached hydrogens (tertiary/aromatic N) is 2. The molecule has 1 aliphatic heterocycles. The summed E-state index contributed by atoms with van der Waals surface area (Å²) in [6, 6.07) is 14.6. The molecule has 3 aromatic rings. The molecule has 160 valence electrons. The minimum Gasteiger partial charge on any atom is -0.353 e. The van der Waals surface area contributed by atoms with Crippen molar-refractivity contribution in [2.75, 3.05) is 0 Å². The summed E-state index contributed by atoms with van der Waals surface area (Å²) in [5, 5.41) is 2.70. The van der Waals surface area contributed by atoms with Crippen LogP contribution in [0.2, 0.25) is 0 Å². The molecule has 0 saturated heterocycles. The Kier molecular flexibility index (Phi) is 5.31. The lowest BCUT2D eigenvalue weighted by Crippen LogP contribution is -2.38. The average Bonchev–Trinajstić information content (AvgIpc) is 3.27. The number of carbonyl (C=O) groups is 2. The zero-order valence-corrected chi connectivity index (χ0v) is 16.7. The molecule has 2 aromatic carbocycles. The Labute approximate surface area is 177 Å². The second-order valence-corrected chi connectivity index (χ2v) is 7.45. The first-order valence-electron chi connectivity index (χ1n) is 9.69. The Morgan fingerprint density at radius 1 is 1.06 bits per heavy atom. The molecule has 0 bridgehead atoms. The third-order valence-electron chi connectivity index (χ3n) is 5.41. The molecule has 1 N–H and O–H groups in total. The fourth-order valence-electron chi connectivity index (χ4n) is 3.79. The van der Waals surface area contributed by atoms with E-state index in [1.807, 2.05) is 29.9 Å². The molecule has 5 nitrogen and oxygen atoms in total. The average molecular weight is 427 g/mol. The standard InChI is InChI=1S/C23H20F3N3O2/c1-28-11-5-8-17(28)14-29-20(18-9-2-3-10-19(18)22(29)31)21(30)27-13-15-6-4-7-16(12-15)23(24,25)26/h2-12,20H,13-14H2,1H3,(H,27,30). The first-order chi connectivity index (χ1) is 14.8. The van der Waals surface area contributed by atoms with Gasteiger partial charge in [-0.2, -0.15) is 13.2 Å². The van der Waals surface area contributed by atoms with E-state index in [2.05, 4.69) is 5.32 Å². The molecule has 0 aliphatic carbocycles. The minimum absolute atomic E-state index is 0.0758. The summed E-state index contributed by atoms with van der Waals surface area (Å²) >= 11 is 0. The van der Waals surface area contributed by atoms with Crippen LogP contribution >= 0.6 is 0 Å². The van der Waals surface area contributed by atoms with Crippen LogP contribution in [0.3, 0.4) is 0 Å². The van der Waals surface area contributed by atoms with E-state index in [0.717, 1.165) is 17.8 Å². The topological polar surface area (TPSA) is 54.3 Å². The van der Waals surface area contributed by atoms with Crippen molar-refractivity contribution >= 4 is 11.8 Å². The van der Waals surface area contributed by atoms with Crippen molar-refractivity contribution in [2.24, 2.45) is 7.05 Å². The molecule has 4 rings (SSSR count). The number of aromatic nitrogens is 1. The number of nitrogens with one attached hydrogen (secondary N) is 1. The van der Waals surface area contributed by atoms with Gasteiger partial charge in [-0.15, -0.1) is 0 Å². The fraction of sp³-hybridized carbons (Fsp3) is 0.217. The zero-order chi connectivity index (χ0) is 22.2. The maximum absolute atomic E-state index is 13.1. The van der Waals surface area contributed by atoms with Crippen LogP contribution in [-0.4, -0.2) is 21.3 Å². The summed E-state index contributed by atoms with van der Waals surface area (Å²) in [6.45, 7) is 0.159. The summed E-state index contributed by atoms with van der Waals surface area (Å²) in [5.41, 5.74) is 1.46. The van der Waals surface area contributed by atoms with E-state index in [1.165, 1.54) is 17.0 Å². The third kappa shape index (κ3) is 4.05. The second kappa shape index (κ2) is 7.94. The number of fused-ring (bicyclic) bond motifs is 1. The van der Waals surface area contributed by atoms with Gasteiger partial charge in [-0.3, -0.25) is 9.59 Å². The van der Waals surface area contributed by atoms with Crippen LogP contribution in [0.25, 0.3) is 0 Å². The summed E-state index contributed by atoms with van der Waals surface area (Å²) < 4.78 is 40.7. The van der Waals surface area contributed by atoms with Crippen molar-refractivity contribution < 1.29 is 22.8 Å². The second-order valence-electron chi connectivity index (χ2n) is 7.45. The predicted molar refractivity (Wildman–Crippen MR) is 108 cm³/mol. The van der Waals surface area contributed by atoms with Gasteiger partial charge in [0.2, 0.25) is 5.91 Å². The molecule has 0 radical (unpaired) electrons. The largest absolute Gasteiger partial charge is 0.416 e. The van der Waals surface area contributed by atoms with Crippen LogP contribution < -0.4 is 5.32 Å². The molecule has 1 unspecified atom stereocenters. The Hall–Kier alpha value is -3.55. The van der Waals surface area contributed by atoms with Gasteiger partial charge in [-0.1, -0.05) is 30.3 Å². The monoisotopic (exact) mass is 427 g/mol. The first kappa shape index (κ1) is 20.7. The number of alkyl halides is 3. The third-order valence-corrected chi connectivity index (χ3v) is 5.41. The summed E-state index contributed by atoms with van der Waals surface area (Å²) in [7, 11) is 1.85. The molecule has 31 heavy (non-hydrogen) atoms. The molecule has 0 saturated carbocycles. The van der Waals surface area contributed by atoms with Crippen molar-refractivity contribution in [1.29, 1.82) is 0 Å². The maximum atomic E-state index is 13.1. The quantitative estimate of drug-likeness (QED) is 0.668. The molecule has 8 heteroatoms. The van der Waals surface area contributed by atoms with Gasteiger partial charge in [-0.25, -0.2) is 0 Å². The lowest BCUT2D eigenvalue weighted by molar-refractivity contribution is -0.137. The number of hydrogen-bond acceptors (Lipinski definition) is 2. The highest BCUT2D eigenvalue weighted by atomic mass is 19.4. The number of carbonyl (C=O) groups excluding carboxylic acids is 2. The van der Waals surface area contributed by atoms with Crippen LogP contribution in [0.1, 0.15) is 38.8 Å². The van der Waals surface area contributed by atoms with E-state index in [1.54, 1.807) is 24.3 Å². The molecule has 2 amide bonds. The highest BCUT2D eigenvalue weighted by Gasteiger charge is 2.41. The molecule has 1 aliphatic rings. The van der Waals surface area contributed by atoms with E-state index >= 15 is 0 Å². The summed E-state index contributed by atoms with van der Waals surface area (Å²) in [5.74, 6) is -0.694. The Balaban J connectivity index is 1.57. The van der Waals surface area contributed by atoms with Gasteiger partial charge in [0.1, 0.15) is 6.04 Å². The van der Waals surface area contributed by atoms with Gasteiger partial charge in [-0.05, 0) is 41.5 Å². The Bertz CT molecular complexity index is 1140. The van der Waals surface area contributed by atoms with E-state index in [9.17, 15) is 22.8 Å². The molecule has 0 fully saturated rings. The number of rotatable bonds is 5. The molecular formula is C23H20F3N3O2. The van der Waals surface area contributed by atoms with E-state index in [0.29, 0.717) is 16.7 Å². The molecular weight excluding hydrogens is 407 g/mol. The highest BCUT2D eigenvalue weighted by Crippen LogP contribution is 2.35. The molecule has 1 aromatic heterocycles. The summed E-state index contributed by atoms with van der Waals surface area (Å²) in [6.07, 6.45) is -2.60. The minimum atomic E-state index is -4.46. The Morgan fingerprint density at radius 2 is 1.84 bits per heavy atom. The van der Waals surface area contributed by atoms with Gasteiger partial charge in [0, 0.05) is 31.0 Å². The lowest BCUT2D eigenvalue weighted by Gasteiger charge is -2.25. The van der Waals surface area contributed by atoms with Crippen LogP contribution in [0.5, 0.6) is 0 Å². The maximum Gasteiger partial charge on any atom is 0.416 e. The van der Waals surface area contributed by atoms with Gasteiger partial charge in [0.15, 0.2) is 0 Å². The molecule has 1 atom stereocenters. The van der Waals surface area contributed by atoms with Gasteiger partial charge in [0.25, 0.3) is 5.91 Å². The SMILES string of the molecule is Cn1cccc1CN1C(=O)c2ccccc2C1C(=O)NCc1cccc(C(F)(F)F)c1. The van der Waals surface area contributed by atoms with E-state index in [4.69, 9.17) is 0 Å². The van der Waals surface area contributed by atoms with Crippen LogP contribution in [0.15, 0.2) is 66.9 Å². The molecule has 2 heterocycles. The number of amides is 2. The van der Waals surface area contributed by atoms with Crippen molar-refractivity contribution in [3.05, 3.63) is 94.8 Å². The lowest BCUT2D eigenvalue weighted by atomic mass is 10.0. The normalized spacial score (nSPS) is 15.8. The Morgan fingerprint density at radius 3 is 2.55 bits per heavy atom. The van der Waals surface area contributed by atoms with Gasteiger partial charge < -0.3 is 14.8 Å². The van der Waals surface area contributed by atoms with E-state index < -0.39 is 23.7 Å².